The molecule has 0 aromatic rings. The van der Waals surface area contributed by atoms with Crippen LogP contribution in [0, 0.1) is 5.92 Å². The zero-order chi connectivity index (χ0) is 12.4. The first-order valence-corrected chi connectivity index (χ1v) is 7.27. The molecular weight excluding hydrogens is 220 g/mol. The molecule has 0 bridgehead atoms. The van der Waals surface area contributed by atoms with Crippen molar-refractivity contribution < 1.29 is 0 Å². The highest BCUT2D eigenvalue weighted by molar-refractivity contribution is 5.63. The van der Waals surface area contributed by atoms with E-state index in [-0.39, 0.29) is 0 Å². The van der Waals surface area contributed by atoms with Crippen molar-refractivity contribution in [3.8, 4) is 0 Å². The molecule has 1 N–H and O–H groups in total. The predicted octanol–water partition coefficient (Wildman–Crippen LogP) is 3.73. The van der Waals surface area contributed by atoms with Crippen molar-refractivity contribution >= 4 is 6.21 Å². The van der Waals surface area contributed by atoms with E-state index in [1.807, 2.05) is 0 Å². The maximum absolute atomic E-state index is 4.71. The van der Waals surface area contributed by atoms with E-state index in [1.165, 1.54) is 43.4 Å². The van der Waals surface area contributed by atoms with Crippen LogP contribution in [0.5, 0.6) is 0 Å². The Kier molecular flexibility index (Phi) is 3.35. The van der Waals surface area contributed by atoms with E-state index in [2.05, 4.69) is 36.8 Å². The Bertz CT molecular complexity index is 440. The smallest absolute Gasteiger partial charge is 0.0897 e. The van der Waals surface area contributed by atoms with Crippen molar-refractivity contribution in [3.63, 3.8) is 0 Å². The van der Waals surface area contributed by atoms with E-state index >= 15 is 0 Å². The predicted molar refractivity (Wildman–Crippen MR) is 76.5 cm³/mol. The Morgan fingerprint density at radius 1 is 1.44 bits per heavy atom. The molecule has 3 rings (SSSR count). The number of nitrogens with zero attached hydrogens (tertiary/aromatic N) is 1. The van der Waals surface area contributed by atoms with Gasteiger partial charge in [-0.15, -0.1) is 0 Å². The molecule has 2 aliphatic heterocycles. The third-order valence-electron chi connectivity index (χ3n) is 4.30. The Balaban J connectivity index is 1.92. The molecule has 2 unspecified atom stereocenters. The molecule has 0 saturated heterocycles. The van der Waals surface area contributed by atoms with Gasteiger partial charge in [0.2, 0.25) is 0 Å². The monoisotopic (exact) mass is 242 g/mol. The first-order valence-electron chi connectivity index (χ1n) is 7.27. The summed E-state index contributed by atoms with van der Waals surface area (Å²) in [5.74, 6) is 0.744. The van der Waals surface area contributed by atoms with E-state index in [9.17, 15) is 0 Å². The molecule has 0 aromatic heterocycles. The molecule has 96 valence electrons. The van der Waals surface area contributed by atoms with Crippen molar-refractivity contribution in [3.05, 3.63) is 35.2 Å². The molecule has 0 aromatic carbocycles. The lowest BCUT2D eigenvalue weighted by Gasteiger charge is -2.37. The summed E-state index contributed by atoms with van der Waals surface area (Å²) in [6, 6.07) is 0.361. The molecule has 2 heterocycles. The molecule has 18 heavy (non-hydrogen) atoms. The fourth-order valence-corrected chi connectivity index (χ4v) is 3.37. The molecular formula is C16H22N2. The molecule has 0 amide bonds. The second-order valence-corrected chi connectivity index (χ2v) is 5.50. The third kappa shape index (κ3) is 2.05. The van der Waals surface area contributed by atoms with Crippen molar-refractivity contribution in [1.82, 2.24) is 5.32 Å². The number of hydrogen-bond acceptors (Lipinski definition) is 2. The number of fused-ring (bicyclic) bond motifs is 2. The summed E-state index contributed by atoms with van der Waals surface area (Å²) in [6.07, 6.45) is 16.1. The second-order valence-electron chi connectivity index (χ2n) is 5.50. The summed E-state index contributed by atoms with van der Waals surface area (Å²) in [4.78, 5) is 4.71. The van der Waals surface area contributed by atoms with Crippen molar-refractivity contribution in [1.29, 1.82) is 0 Å². The highest BCUT2D eigenvalue weighted by Crippen LogP contribution is 2.41. The Morgan fingerprint density at radius 3 is 3.28 bits per heavy atom. The summed E-state index contributed by atoms with van der Waals surface area (Å²) in [5.41, 5.74) is 4.48. The topological polar surface area (TPSA) is 24.4 Å². The van der Waals surface area contributed by atoms with Crippen LogP contribution in [0.15, 0.2) is 40.2 Å². The first-order chi connectivity index (χ1) is 8.90. The van der Waals surface area contributed by atoms with E-state index in [0.29, 0.717) is 6.04 Å². The van der Waals surface area contributed by atoms with Gasteiger partial charge in [0.15, 0.2) is 0 Å². The summed E-state index contributed by atoms with van der Waals surface area (Å²) >= 11 is 0. The summed E-state index contributed by atoms with van der Waals surface area (Å²) in [5, 5.41) is 3.48. The average molecular weight is 242 g/mol. The number of nitrogens with one attached hydrogen (secondary N) is 1. The van der Waals surface area contributed by atoms with Crippen LogP contribution in [-0.2, 0) is 0 Å². The minimum absolute atomic E-state index is 0.361. The fraction of sp³-hybridized carbons (Fsp3) is 0.562. The Labute approximate surface area is 110 Å². The van der Waals surface area contributed by atoms with Gasteiger partial charge in [0.05, 0.1) is 11.7 Å². The quantitative estimate of drug-likeness (QED) is 0.801. The molecule has 0 radical (unpaired) electrons. The lowest BCUT2D eigenvalue weighted by atomic mass is 9.75. The van der Waals surface area contributed by atoms with Gasteiger partial charge < -0.3 is 5.32 Å². The second kappa shape index (κ2) is 5.13. The molecule has 0 spiro atoms. The van der Waals surface area contributed by atoms with E-state index in [1.54, 1.807) is 5.57 Å². The largest absolute Gasteiger partial charge is 0.379 e. The third-order valence-corrected chi connectivity index (χ3v) is 4.30. The van der Waals surface area contributed by atoms with Gasteiger partial charge in [0, 0.05) is 6.21 Å². The lowest BCUT2D eigenvalue weighted by molar-refractivity contribution is 0.458. The van der Waals surface area contributed by atoms with Crippen molar-refractivity contribution in [2.24, 2.45) is 10.9 Å². The van der Waals surface area contributed by atoms with E-state index < -0.39 is 0 Å². The van der Waals surface area contributed by atoms with Crippen molar-refractivity contribution in [2.45, 2.75) is 51.5 Å². The standard InChI is InChI=1S/C16H22N2/c1-2-3-6-12-11-13-7-4-9-17-15(13)16-14(12)8-5-10-18-16/h4,7,9-10,12,15,17H,2-3,5-6,8,11H2,1H3. The van der Waals surface area contributed by atoms with Crippen LogP contribution in [0.25, 0.3) is 0 Å². The number of hydrogen-bond donors (Lipinski definition) is 1. The molecule has 2 nitrogen and oxygen atoms in total. The average Bonchev–Trinajstić information content (AvgIpc) is 2.45. The minimum atomic E-state index is 0.361. The summed E-state index contributed by atoms with van der Waals surface area (Å²) in [6.45, 7) is 2.28. The number of dihydropyridines is 1. The molecule has 1 aliphatic carbocycles. The fourth-order valence-electron chi connectivity index (χ4n) is 3.37. The highest BCUT2D eigenvalue weighted by atomic mass is 15.0. The van der Waals surface area contributed by atoms with Gasteiger partial charge in [0.25, 0.3) is 0 Å². The zero-order valence-corrected chi connectivity index (χ0v) is 11.2. The van der Waals surface area contributed by atoms with E-state index in [0.717, 1.165) is 12.3 Å². The van der Waals surface area contributed by atoms with E-state index in [4.69, 9.17) is 4.99 Å². The van der Waals surface area contributed by atoms with Crippen LogP contribution in [0.1, 0.15) is 45.4 Å². The number of unbranched alkanes of at least 4 members (excludes halogenated alkanes) is 1. The van der Waals surface area contributed by atoms with Crippen molar-refractivity contribution in [2.75, 3.05) is 0 Å². The minimum Gasteiger partial charge on any atom is -0.379 e. The molecule has 2 heteroatoms. The van der Waals surface area contributed by atoms with Crippen LogP contribution >= 0.6 is 0 Å². The lowest BCUT2D eigenvalue weighted by Crippen LogP contribution is -2.36. The number of rotatable bonds is 3. The maximum Gasteiger partial charge on any atom is 0.0897 e. The highest BCUT2D eigenvalue weighted by Gasteiger charge is 2.33. The van der Waals surface area contributed by atoms with Gasteiger partial charge in [-0.3, -0.25) is 4.99 Å². The maximum atomic E-state index is 4.71. The van der Waals surface area contributed by atoms with Crippen LogP contribution in [0.3, 0.4) is 0 Å². The first kappa shape index (κ1) is 11.8. The van der Waals surface area contributed by atoms with Crippen LogP contribution in [0.2, 0.25) is 0 Å². The molecule has 2 atom stereocenters. The van der Waals surface area contributed by atoms with Gasteiger partial charge in [-0.05, 0) is 55.0 Å². The summed E-state index contributed by atoms with van der Waals surface area (Å²) in [7, 11) is 0. The molecule has 0 fully saturated rings. The summed E-state index contributed by atoms with van der Waals surface area (Å²) < 4.78 is 0. The number of allylic oxidation sites excluding steroid dienone is 3. The normalized spacial score (nSPS) is 29.5. The Hall–Kier alpha value is -1.31. The van der Waals surface area contributed by atoms with Gasteiger partial charge in [-0.1, -0.05) is 25.8 Å². The van der Waals surface area contributed by atoms with Gasteiger partial charge >= 0.3 is 0 Å². The molecule has 0 saturated carbocycles. The van der Waals surface area contributed by atoms with Crippen LogP contribution in [-0.4, -0.2) is 12.3 Å². The van der Waals surface area contributed by atoms with Crippen LogP contribution in [0.4, 0.5) is 0 Å². The van der Waals surface area contributed by atoms with Gasteiger partial charge in [-0.25, -0.2) is 0 Å². The van der Waals surface area contributed by atoms with Gasteiger partial charge in [0.1, 0.15) is 0 Å². The SMILES string of the molecule is CCCCC1CC2=CC=CNC2C2=C1CCC=N2. The zero-order valence-electron chi connectivity index (χ0n) is 11.2. The Morgan fingerprint density at radius 2 is 2.39 bits per heavy atom. The molecule has 3 aliphatic rings. The van der Waals surface area contributed by atoms with Gasteiger partial charge in [-0.2, -0.15) is 0 Å². The van der Waals surface area contributed by atoms with Crippen LogP contribution < -0.4 is 5.32 Å². The number of aliphatic imine (C=N–C) groups is 1.